The van der Waals surface area contributed by atoms with Crippen LogP contribution in [0.4, 0.5) is 9.52 Å². The van der Waals surface area contributed by atoms with E-state index < -0.39 is 0 Å². The molecule has 5 nitrogen and oxygen atoms in total. The second-order valence-electron chi connectivity index (χ2n) is 7.00. The molecule has 1 saturated heterocycles. The fraction of sp³-hybridized carbons (Fsp3) is 0.368. The number of likely N-dealkylation sites (tertiary alicyclic amines) is 1. The van der Waals surface area contributed by atoms with Crippen LogP contribution < -0.4 is 5.32 Å². The van der Waals surface area contributed by atoms with Gasteiger partial charge in [-0.15, -0.1) is 11.3 Å². The lowest BCUT2D eigenvalue weighted by Crippen LogP contribution is -2.33. The first-order valence-corrected chi connectivity index (χ1v) is 9.71. The van der Waals surface area contributed by atoms with Gasteiger partial charge in [-0.2, -0.15) is 0 Å². The lowest BCUT2D eigenvalue weighted by atomic mass is 10.0. The van der Waals surface area contributed by atoms with Crippen LogP contribution in [0.1, 0.15) is 35.9 Å². The number of halogens is 1. The van der Waals surface area contributed by atoms with Gasteiger partial charge in [0.1, 0.15) is 11.5 Å². The molecule has 1 atom stereocenters. The molecule has 0 bridgehead atoms. The van der Waals surface area contributed by atoms with Crippen molar-refractivity contribution < 1.29 is 9.18 Å². The third-order valence-electron chi connectivity index (χ3n) is 4.73. The third-order valence-corrected chi connectivity index (χ3v) is 5.53. The van der Waals surface area contributed by atoms with Crippen LogP contribution >= 0.6 is 11.3 Å². The number of aromatic amines is 1. The fourth-order valence-electron chi connectivity index (χ4n) is 3.49. The summed E-state index contributed by atoms with van der Waals surface area (Å²) in [4.78, 5) is 22.4. The molecule has 136 valence electrons. The molecular weight excluding hydrogens is 351 g/mol. The molecule has 1 amide bonds. The topological polar surface area (TPSA) is 61.0 Å². The van der Waals surface area contributed by atoms with E-state index in [1.165, 1.54) is 36.3 Å². The average Bonchev–Trinajstić information content (AvgIpc) is 3.21. The number of hydrogen-bond donors (Lipinski definition) is 2. The largest absolute Gasteiger partial charge is 0.351 e. The van der Waals surface area contributed by atoms with Gasteiger partial charge in [-0.3, -0.25) is 15.0 Å². The van der Waals surface area contributed by atoms with E-state index in [0.717, 1.165) is 36.8 Å². The summed E-state index contributed by atoms with van der Waals surface area (Å²) in [5, 5.41) is 6.08. The molecule has 3 heterocycles. The molecule has 0 saturated carbocycles. The first kappa shape index (κ1) is 17.2. The van der Waals surface area contributed by atoms with Crippen molar-refractivity contribution in [1.29, 1.82) is 0 Å². The summed E-state index contributed by atoms with van der Waals surface area (Å²) in [6.07, 6.45) is 2.53. The number of piperidine rings is 1. The molecule has 4 rings (SSSR count). The second kappa shape index (κ2) is 7.17. The Morgan fingerprint density at radius 2 is 2.35 bits per heavy atom. The molecule has 2 N–H and O–H groups in total. The maximum absolute atomic E-state index is 13.3. The van der Waals surface area contributed by atoms with Gasteiger partial charge >= 0.3 is 0 Å². The number of nitrogens with zero attached hydrogens (tertiary/aromatic N) is 2. The minimum absolute atomic E-state index is 0.269. The van der Waals surface area contributed by atoms with Gasteiger partial charge in [0.15, 0.2) is 5.13 Å². The summed E-state index contributed by atoms with van der Waals surface area (Å²) >= 11 is 1.43. The van der Waals surface area contributed by atoms with Crippen molar-refractivity contribution in [3.8, 4) is 0 Å². The highest BCUT2D eigenvalue weighted by Gasteiger charge is 2.18. The van der Waals surface area contributed by atoms with Gasteiger partial charge in [-0.1, -0.05) is 6.92 Å². The smallest absolute Gasteiger partial charge is 0.273 e. The summed E-state index contributed by atoms with van der Waals surface area (Å²) in [6.45, 7) is 5.31. The zero-order valence-corrected chi connectivity index (χ0v) is 15.4. The van der Waals surface area contributed by atoms with E-state index >= 15 is 0 Å². The van der Waals surface area contributed by atoms with E-state index in [-0.39, 0.29) is 11.7 Å². The molecule has 1 aliphatic rings. The zero-order chi connectivity index (χ0) is 18.1. The highest BCUT2D eigenvalue weighted by molar-refractivity contribution is 7.13. The number of anilines is 1. The van der Waals surface area contributed by atoms with Gasteiger partial charge in [-0.25, -0.2) is 9.37 Å². The number of fused-ring (bicyclic) bond motifs is 1. The average molecular weight is 372 g/mol. The second-order valence-corrected chi connectivity index (χ2v) is 7.85. The molecule has 1 aliphatic heterocycles. The monoisotopic (exact) mass is 372 g/mol. The van der Waals surface area contributed by atoms with Crippen molar-refractivity contribution >= 4 is 33.3 Å². The van der Waals surface area contributed by atoms with Crippen LogP contribution in [0.2, 0.25) is 0 Å². The SMILES string of the molecule is C[C@H]1CCCN(Cc2csc(NC(=O)c3cc4cc(F)ccc4[nH]3)n2)C1. The van der Waals surface area contributed by atoms with Crippen LogP contribution in [0, 0.1) is 11.7 Å². The number of aromatic nitrogens is 2. The third kappa shape index (κ3) is 3.78. The zero-order valence-electron chi connectivity index (χ0n) is 14.6. The lowest BCUT2D eigenvalue weighted by Gasteiger charge is -2.30. The van der Waals surface area contributed by atoms with Gasteiger partial charge in [0, 0.05) is 29.4 Å². The maximum Gasteiger partial charge on any atom is 0.273 e. The van der Waals surface area contributed by atoms with Crippen molar-refractivity contribution in [3.63, 3.8) is 0 Å². The predicted octanol–water partition coefficient (Wildman–Crippen LogP) is 4.25. The Morgan fingerprint density at radius 3 is 3.19 bits per heavy atom. The summed E-state index contributed by atoms with van der Waals surface area (Å²) in [7, 11) is 0. The standard InChI is InChI=1S/C19H21FN4OS/c1-12-3-2-6-24(9-12)10-15-11-26-19(21-15)23-18(25)17-8-13-7-14(20)4-5-16(13)22-17/h4-5,7-8,11-12,22H,2-3,6,9-10H2,1H3,(H,21,23,25)/t12-/m0/s1. The van der Waals surface area contributed by atoms with Crippen LogP contribution in [-0.2, 0) is 6.54 Å². The van der Waals surface area contributed by atoms with Crippen molar-refractivity contribution in [1.82, 2.24) is 14.9 Å². The van der Waals surface area contributed by atoms with Gasteiger partial charge in [0.25, 0.3) is 5.91 Å². The summed E-state index contributed by atoms with van der Waals surface area (Å²) in [5.74, 6) is 0.141. The van der Waals surface area contributed by atoms with E-state index in [0.29, 0.717) is 16.2 Å². The summed E-state index contributed by atoms with van der Waals surface area (Å²) in [6, 6.07) is 6.05. The number of H-pyrrole nitrogens is 1. The molecule has 0 radical (unpaired) electrons. The quantitative estimate of drug-likeness (QED) is 0.720. The Kier molecular flexibility index (Phi) is 4.74. The van der Waals surface area contributed by atoms with E-state index in [2.05, 4.69) is 27.1 Å². The van der Waals surface area contributed by atoms with Gasteiger partial charge < -0.3 is 4.98 Å². The fourth-order valence-corrected chi connectivity index (χ4v) is 4.18. The van der Waals surface area contributed by atoms with Crippen molar-refractivity contribution in [2.45, 2.75) is 26.3 Å². The first-order chi connectivity index (χ1) is 12.6. The molecule has 0 unspecified atom stereocenters. The van der Waals surface area contributed by atoms with E-state index in [1.807, 2.05) is 5.38 Å². The van der Waals surface area contributed by atoms with Crippen LogP contribution in [0.25, 0.3) is 10.9 Å². The molecular formula is C19H21FN4OS. The normalized spacial score (nSPS) is 18.3. The lowest BCUT2D eigenvalue weighted by molar-refractivity contribution is 0.102. The molecule has 0 spiro atoms. The minimum atomic E-state index is -0.319. The molecule has 1 fully saturated rings. The number of thiazole rings is 1. The molecule has 2 aromatic heterocycles. The Bertz CT molecular complexity index is 935. The van der Waals surface area contributed by atoms with Gasteiger partial charge in [-0.05, 0) is 49.6 Å². The van der Waals surface area contributed by atoms with Crippen LogP contribution in [0.3, 0.4) is 0 Å². The maximum atomic E-state index is 13.3. The first-order valence-electron chi connectivity index (χ1n) is 8.83. The number of nitrogens with one attached hydrogen (secondary N) is 2. The molecule has 7 heteroatoms. The Morgan fingerprint density at radius 1 is 1.46 bits per heavy atom. The molecule has 3 aromatic rings. The number of rotatable bonds is 4. The highest BCUT2D eigenvalue weighted by Crippen LogP contribution is 2.22. The molecule has 0 aliphatic carbocycles. The minimum Gasteiger partial charge on any atom is -0.351 e. The van der Waals surface area contributed by atoms with E-state index in [1.54, 1.807) is 12.1 Å². The molecule has 1 aromatic carbocycles. The number of carbonyl (C=O) groups excluding carboxylic acids is 1. The molecule has 26 heavy (non-hydrogen) atoms. The number of carbonyl (C=O) groups is 1. The van der Waals surface area contributed by atoms with E-state index in [9.17, 15) is 9.18 Å². The van der Waals surface area contributed by atoms with Crippen LogP contribution in [-0.4, -0.2) is 33.9 Å². The number of amides is 1. The predicted molar refractivity (Wildman–Crippen MR) is 102 cm³/mol. The van der Waals surface area contributed by atoms with Crippen LogP contribution in [0.15, 0.2) is 29.6 Å². The highest BCUT2D eigenvalue weighted by atomic mass is 32.1. The summed E-state index contributed by atoms with van der Waals surface area (Å²) < 4.78 is 13.3. The van der Waals surface area contributed by atoms with Crippen molar-refractivity contribution in [2.24, 2.45) is 5.92 Å². The number of benzene rings is 1. The van der Waals surface area contributed by atoms with E-state index in [4.69, 9.17) is 0 Å². The Balaban J connectivity index is 1.42. The number of hydrogen-bond acceptors (Lipinski definition) is 4. The van der Waals surface area contributed by atoms with Gasteiger partial charge in [0.05, 0.1) is 5.69 Å². The summed E-state index contributed by atoms with van der Waals surface area (Å²) in [5.41, 5.74) is 2.11. The van der Waals surface area contributed by atoms with Crippen molar-refractivity contribution in [2.75, 3.05) is 18.4 Å². The van der Waals surface area contributed by atoms with Gasteiger partial charge in [0.2, 0.25) is 0 Å². The Hall–Kier alpha value is -2.25. The van der Waals surface area contributed by atoms with Crippen molar-refractivity contribution in [3.05, 3.63) is 46.9 Å². The van der Waals surface area contributed by atoms with Crippen LogP contribution in [0.5, 0.6) is 0 Å². The Labute approximate surface area is 155 Å².